The van der Waals surface area contributed by atoms with Crippen molar-refractivity contribution >= 4 is 0 Å². The molecule has 0 aliphatic heterocycles. The number of benzene rings is 1. The monoisotopic (exact) mass is 275 g/mol. The molecule has 0 saturated heterocycles. The second-order valence-electron chi connectivity index (χ2n) is 5.13. The van der Waals surface area contributed by atoms with E-state index in [2.05, 4.69) is 10.4 Å². The van der Waals surface area contributed by atoms with Gasteiger partial charge in [0, 0.05) is 29.9 Å². The van der Waals surface area contributed by atoms with Crippen LogP contribution in [0.3, 0.4) is 0 Å². The van der Waals surface area contributed by atoms with Gasteiger partial charge in [0.15, 0.2) is 11.6 Å². The van der Waals surface area contributed by atoms with Crippen molar-refractivity contribution in [2.24, 2.45) is 0 Å². The third-order valence-corrected chi connectivity index (χ3v) is 3.45. The van der Waals surface area contributed by atoms with Gasteiger partial charge < -0.3 is 10.1 Å². The van der Waals surface area contributed by atoms with Crippen molar-refractivity contribution in [2.45, 2.75) is 32.0 Å². The maximum atomic E-state index is 14.0. The number of aromatic nitrogens is 2. The summed E-state index contributed by atoms with van der Waals surface area (Å²) >= 11 is 0. The predicted molar refractivity (Wildman–Crippen MR) is 74.1 cm³/mol. The molecule has 0 unspecified atom stereocenters. The van der Waals surface area contributed by atoms with E-state index < -0.39 is 0 Å². The Kier molecular flexibility index (Phi) is 3.69. The van der Waals surface area contributed by atoms with E-state index in [1.807, 2.05) is 12.4 Å². The zero-order valence-corrected chi connectivity index (χ0v) is 11.5. The van der Waals surface area contributed by atoms with Gasteiger partial charge in [-0.2, -0.15) is 5.10 Å². The second-order valence-corrected chi connectivity index (χ2v) is 5.13. The highest BCUT2D eigenvalue weighted by Gasteiger charge is 2.20. The molecule has 1 aliphatic rings. The maximum absolute atomic E-state index is 14.0. The molecule has 4 nitrogen and oxygen atoms in total. The van der Waals surface area contributed by atoms with Crippen LogP contribution in [0.25, 0.3) is 0 Å². The Morgan fingerprint density at radius 1 is 1.45 bits per heavy atom. The molecule has 1 aromatic heterocycles. The molecular formula is C15H18FN3O. The lowest BCUT2D eigenvalue weighted by molar-refractivity contribution is 0.383. The van der Waals surface area contributed by atoms with Crippen molar-refractivity contribution in [3.63, 3.8) is 0 Å². The SMILES string of the molecule is COc1cccc(Cn2cc(CNC3CC3)cn2)c1F. The lowest BCUT2D eigenvalue weighted by Crippen LogP contribution is -2.14. The number of halogens is 1. The molecule has 5 heteroatoms. The fourth-order valence-electron chi connectivity index (χ4n) is 2.14. The Morgan fingerprint density at radius 3 is 3.05 bits per heavy atom. The summed E-state index contributed by atoms with van der Waals surface area (Å²) in [6.45, 7) is 1.23. The lowest BCUT2D eigenvalue weighted by atomic mass is 10.2. The molecule has 1 aliphatic carbocycles. The fraction of sp³-hybridized carbons (Fsp3) is 0.400. The van der Waals surface area contributed by atoms with E-state index in [0.29, 0.717) is 18.2 Å². The van der Waals surface area contributed by atoms with Gasteiger partial charge in [0.2, 0.25) is 0 Å². The van der Waals surface area contributed by atoms with Crippen LogP contribution in [-0.2, 0) is 13.1 Å². The Labute approximate surface area is 117 Å². The van der Waals surface area contributed by atoms with Crippen LogP contribution in [0, 0.1) is 5.82 Å². The molecule has 0 bridgehead atoms. The number of methoxy groups -OCH3 is 1. The molecule has 0 amide bonds. The normalized spacial score (nSPS) is 14.5. The van der Waals surface area contributed by atoms with Gasteiger partial charge in [-0.1, -0.05) is 12.1 Å². The largest absolute Gasteiger partial charge is 0.494 e. The average molecular weight is 275 g/mol. The van der Waals surface area contributed by atoms with Gasteiger partial charge in [-0.05, 0) is 18.9 Å². The lowest BCUT2D eigenvalue weighted by Gasteiger charge is -2.07. The Hall–Kier alpha value is -1.88. The minimum Gasteiger partial charge on any atom is -0.494 e. The van der Waals surface area contributed by atoms with Crippen LogP contribution in [0.15, 0.2) is 30.6 Å². The van der Waals surface area contributed by atoms with Crippen LogP contribution in [0.5, 0.6) is 5.75 Å². The number of ether oxygens (including phenoxy) is 1. The zero-order valence-electron chi connectivity index (χ0n) is 11.5. The summed E-state index contributed by atoms with van der Waals surface area (Å²) in [5.74, 6) is -0.0477. The number of nitrogens with zero attached hydrogens (tertiary/aromatic N) is 2. The van der Waals surface area contributed by atoms with Crippen molar-refractivity contribution in [3.8, 4) is 5.75 Å². The standard InChI is InChI=1S/C15H18FN3O/c1-20-14-4-2-3-12(15(14)16)10-19-9-11(8-18-19)7-17-13-5-6-13/h2-4,8-9,13,17H,5-7,10H2,1H3. The van der Waals surface area contributed by atoms with Crippen LogP contribution < -0.4 is 10.1 Å². The van der Waals surface area contributed by atoms with E-state index in [-0.39, 0.29) is 11.6 Å². The molecule has 1 heterocycles. The maximum Gasteiger partial charge on any atom is 0.170 e. The van der Waals surface area contributed by atoms with Crippen molar-refractivity contribution in [3.05, 3.63) is 47.5 Å². The molecule has 2 aromatic rings. The molecule has 0 spiro atoms. The number of nitrogens with one attached hydrogen (secondary N) is 1. The topological polar surface area (TPSA) is 39.1 Å². The fourth-order valence-corrected chi connectivity index (χ4v) is 2.14. The van der Waals surface area contributed by atoms with Crippen molar-refractivity contribution in [1.82, 2.24) is 15.1 Å². The Bertz CT molecular complexity index is 593. The third-order valence-electron chi connectivity index (χ3n) is 3.45. The first kappa shape index (κ1) is 13.1. The van der Waals surface area contributed by atoms with Gasteiger partial charge in [0.1, 0.15) is 0 Å². The minimum absolute atomic E-state index is 0.269. The average Bonchev–Trinajstić information content (AvgIpc) is 3.19. The minimum atomic E-state index is -0.317. The van der Waals surface area contributed by atoms with E-state index in [1.165, 1.54) is 20.0 Å². The summed E-state index contributed by atoms with van der Waals surface area (Å²) in [6, 6.07) is 5.83. The zero-order chi connectivity index (χ0) is 13.9. The summed E-state index contributed by atoms with van der Waals surface area (Å²) in [7, 11) is 1.47. The Morgan fingerprint density at radius 2 is 2.30 bits per heavy atom. The summed E-state index contributed by atoms with van der Waals surface area (Å²) in [4.78, 5) is 0. The van der Waals surface area contributed by atoms with Gasteiger partial charge in [-0.15, -0.1) is 0 Å². The van der Waals surface area contributed by atoms with E-state index in [9.17, 15) is 4.39 Å². The summed E-state index contributed by atoms with van der Waals surface area (Å²) in [6.07, 6.45) is 6.31. The van der Waals surface area contributed by atoms with Gasteiger partial charge in [0.05, 0.1) is 19.9 Å². The molecule has 3 rings (SSSR count). The highest BCUT2D eigenvalue weighted by atomic mass is 19.1. The van der Waals surface area contributed by atoms with E-state index >= 15 is 0 Å². The summed E-state index contributed by atoms with van der Waals surface area (Å²) in [5.41, 5.74) is 1.70. The molecule has 0 atom stereocenters. The molecule has 1 saturated carbocycles. The van der Waals surface area contributed by atoms with Crippen LogP contribution in [0.4, 0.5) is 4.39 Å². The highest BCUT2D eigenvalue weighted by Crippen LogP contribution is 2.21. The molecule has 1 N–H and O–H groups in total. The van der Waals surface area contributed by atoms with Crippen LogP contribution in [-0.4, -0.2) is 22.9 Å². The van der Waals surface area contributed by atoms with Crippen LogP contribution >= 0.6 is 0 Å². The van der Waals surface area contributed by atoms with Crippen molar-refractivity contribution in [2.75, 3.05) is 7.11 Å². The van der Waals surface area contributed by atoms with Gasteiger partial charge in [-0.3, -0.25) is 4.68 Å². The molecular weight excluding hydrogens is 257 g/mol. The van der Waals surface area contributed by atoms with E-state index in [1.54, 1.807) is 22.9 Å². The van der Waals surface area contributed by atoms with Gasteiger partial charge in [-0.25, -0.2) is 4.39 Å². The highest BCUT2D eigenvalue weighted by molar-refractivity contribution is 5.31. The summed E-state index contributed by atoms with van der Waals surface area (Å²) in [5, 5.41) is 7.71. The number of hydrogen-bond acceptors (Lipinski definition) is 3. The van der Waals surface area contributed by atoms with Gasteiger partial charge in [0.25, 0.3) is 0 Å². The number of rotatable bonds is 6. The first-order valence-electron chi connectivity index (χ1n) is 6.82. The molecule has 0 radical (unpaired) electrons. The molecule has 1 fully saturated rings. The quantitative estimate of drug-likeness (QED) is 0.879. The molecule has 20 heavy (non-hydrogen) atoms. The Balaban J connectivity index is 1.67. The second kappa shape index (κ2) is 5.63. The predicted octanol–water partition coefficient (Wildman–Crippen LogP) is 2.33. The smallest absolute Gasteiger partial charge is 0.170 e. The first-order chi connectivity index (χ1) is 9.76. The summed E-state index contributed by atoms with van der Waals surface area (Å²) < 4.78 is 20.8. The van der Waals surface area contributed by atoms with E-state index in [4.69, 9.17) is 4.74 Å². The van der Waals surface area contributed by atoms with Crippen LogP contribution in [0.2, 0.25) is 0 Å². The van der Waals surface area contributed by atoms with Gasteiger partial charge >= 0.3 is 0 Å². The third kappa shape index (κ3) is 2.99. The van der Waals surface area contributed by atoms with Crippen molar-refractivity contribution in [1.29, 1.82) is 0 Å². The molecule has 106 valence electrons. The molecule has 1 aromatic carbocycles. The van der Waals surface area contributed by atoms with Crippen LogP contribution in [0.1, 0.15) is 24.0 Å². The van der Waals surface area contributed by atoms with Crippen molar-refractivity contribution < 1.29 is 9.13 Å². The first-order valence-corrected chi connectivity index (χ1v) is 6.82. The van der Waals surface area contributed by atoms with E-state index in [0.717, 1.165) is 12.1 Å². The number of hydrogen-bond donors (Lipinski definition) is 1.